The number of benzene rings is 1. The molecule has 3 aromatic rings. The lowest BCUT2D eigenvalue weighted by atomic mass is 10.1. The van der Waals surface area contributed by atoms with Crippen LogP contribution >= 0.6 is 0 Å². The van der Waals surface area contributed by atoms with E-state index in [9.17, 15) is 9.18 Å². The van der Waals surface area contributed by atoms with Gasteiger partial charge in [-0.05, 0) is 43.0 Å². The largest absolute Gasteiger partial charge is 0.371 e. The van der Waals surface area contributed by atoms with Crippen molar-refractivity contribution in [3.63, 3.8) is 0 Å². The molecule has 1 aromatic carbocycles. The van der Waals surface area contributed by atoms with Crippen molar-refractivity contribution in [2.24, 2.45) is 0 Å². The Morgan fingerprint density at radius 3 is 2.74 bits per heavy atom. The first-order chi connectivity index (χ1) is 15.2. The summed E-state index contributed by atoms with van der Waals surface area (Å²) in [4.78, 5) is 25.0. The summed E-state index contributed by atoms with van der Waals surface area (Å²) >= 11 is 0. The minimum atomic E-state index is -0.300. The Bertz CT molecular complexity index is 1070. The maximum Gasteiger partial charge on any atom is 0.248 e. The van der Waals surface area contributed by atoms with Crippen LogP contribution in [0.4, 0.5) is 10.1 Å². The third-order valence-corrected chi connectivity index (χ3v) is 6.34. The summed E-state index contributed by atoms with van der Waals surface area (Å²) in [6.45, 7) is 1.77. The van der Waals surface area contributed by atoms with E-state index in [0.29, 0.717) is 25.4 Å². The molecule has 0 N–H and O–H groups in total. The molecule has 2 aliphatic rings. The normalized spacial score (nSPS) is 20.4. The molecule has 2 aromatic heterocycles. The Balaban J connectivity index is 1.15. The molecule has 31 heavy (non-hydrogen) atoms. The number of likely N-dealkylation sites (tertiary alicyclic amines) is 1. The topological polar surface area (TPSA) is 58.6 Å². The molecule has 0 aliphatic carbocycles. The van der Waals surface area contributed by atoms with Crippen molar-refractivity contribution in [3.05, 3.63) is 66.4 Å². The van der Waals surface area contributed by atoms with Gasteiger partial charge in [-0.15, -0.1) is 0 Å². The maximum atomic E-state index is 14.2. The first-order valence-electron chi connectivity index (χ1n) is 10.8. The number of carbonyl (C=O) groups is 1. The minimum Gasteiger partial charge on any atom is -0.371 e. The first-order valence-corrected chi connectivity index (χ1v) is 10.8. The average molecular weight is 420 g/mol. The number of carbonyl (C=O) groups excluding carboxylic acids is 1. The third kappa shape index (κ3) is 3.97. The Hall–Kier alpha value is -3.06. The van der Waals surface area contributed by atoms with Crippen LogP contribution in [0.25, 0.3) is 10.9 Å². The van der Waals surface area contributed by atoms with Gasteiger partial charge < -0.3 is 14.5 Å². The van der Waals surface area contributed by atoms with Crippen molar-refractivity contribution < 1.29 is 13.9 Å². The fraction of sp³-hybridized carbons (Fsp3) is 0.375. The number of amides is 1. The Morgan fingerprint density at radius 2 is 1.94 bits per heavy atom. The van der Waals surface area contributed by atoms with Gasteiger partial charge in [0.05, 0.1) is 24.0 Å². The van der Waals surface area contributed by atoms with Crippen molar-refractivity contribution in [3.8, 4) is 0 Å². The van der Waals surface area contributed by atoms with E-state index in [2.05, 4.69) is 27.0 Å². The standard InChI is InChI=1S/C24H25FN4O2/c25-21-13-26-11-8-23(21)29-18-6-7-19(29)15-28(14-18)24(30)16-31-12-9-17-3-1-5-22-20(17)4-2-10-27-22/h1-5,8,10-11,13,18-19H,6-7,9,12,14-16H2. The molecule has 2 atom stereocenters. The number of piperazine rings is 1. The van der Waals surface area contributed by atoms with Gasteiger partial charge in [0.25, 0.3) is 0 Å². The molecule has 1 amide bonds. The Labute approximate surface area is 180 Å². The molecule has 2 bridgehead atoms. The third-order valence-electron chi connectivity index (χ3n) is 6.34. The van der Waals surface area contributed by atoms with E-state index >= 15 is 0 Å². The summed E-state index contributed by atoms with van der Waals surface area (Å²) in [6.07, 6.45) is 7.33. The molecule has 0 spiro atoms. The van der Waals surface area contributed by atoms with Crippen LogP contribution in [0.1, 0.15) is 18.4 Å². The number of anilines is 1. The summed E-state index contributed by atoms with van der Waals surface area (Å²) in [5.74, 6) is -0.294. The van der Waals surface area contributed by atoms with Gasteiger partial charge in [0.2, 0.25) is 5.91 Å². The zero-order valence-electron chi connectivity index (χ0n) is 17.3. The summed E-state index contributed by atoms with van der Waals surface area (Å²) in [6, 6.07) is 12.1. The van der Waals surface area contributed by atoms with Crippen LogP contribution < -0.4 is 4.90 Å². The van der Waals surface area contributed by atoms with Gasteiger partial charge in [0, 0.05) is 43.0 Å². The highest BCUT2D eigenvalue weighted by Gasteiger charge is 2.42. The maximum absolute atomic E-state index is 14.2. The zero-order valence-corrected chi connectivity index (χ0v) is 17.3. The second-order valence-corrected chi connectivity index (χ2v) is 8.21. The summed E-state index contributed by atoms with van der Waals surface area (Å²) in [5.41, 5.74) is 2.73. The average Bonchev–Trinajstić information content (AvgIpc) is 3.05. The molecular weight excluding hydrogens is 395 g/mol. The number of fused-ring (bicyclic) bond motifs is 3. The molecule has 2 unspecified atom stereocenters. The number of rotatable bonds is 6. The predicted octanol–water partition coefficient (Wildman–Crippen LogP) is 3.21. The lowest BCUT2D eigenvalue weighted by Crippen LogP contribution is -2.56. The fourth-order valence-electron chi connectivity index (χ4n) is 4.90. The molecule has 160 valence electrons. The van der Waals surface area contributed by atoms with Crippen molar-refractivity contribution >= 4 is 22.5 Å². The monoisotopic (exact) mass is 420 g/mol. The summed E-state index contributed by atoms with van der Waals surface area (Å²) in [7, 11) is 0. The van der Waals surface area contributed by atoms with Crippen LogP contribution in [0.3, 0.4) is 0 Å². The van der Waals surface area contributed by atoms with Crippen molar-refractivity contribution in [2.75, 3.05) is 31.2 Å². The van der Waals surface area contributed by atoms with Crippen LogP contribution in [0.2, 0.25) is 0 Å². The molecule has 0 saturated carbocycles. The Morgan fingerprint density at radius 1 is 1.10 bits per heavy atom. The molecule has 2 saturated heterocycles. The van der Waals surface area contributed by atoms with E-state index in [1.54, 1.807) is 18.5 Å². The fourth-order valence-corrected chi connectivity index (χ4v) is 4.90. The van der Waals surface area contributed by atoms with Gasteiger partial charge in [-0.25, -0.2) is 4.39 Å². The number of nitrogens with zero attached hydrogens (tertiary/aromatic N) is 4. The number of hydrogen-bond acceptors (Lipinski definition) is 5. The number of hydrogen-bond donors (Lipinski definition) is 0. The highest BCUT2D eigenvalue weighted by Crippen LogP contribution is 2.35. The molecule has 2 fully saturated rings. The van der Waals surface area contributed by atoms with Gasteiger partial charge >= 0.3 is 0 Å². The summed E-state index contributed by atoms with van der Waals surface area (Å²) in [5, 5.41) is 1.12. The predicted molar refractivity (Wildman–Crippen MR) is 116 cm³/mol. The van der Waals surface area contributed by atoms with Gasteiger partial charge in [-0.1, -0.05) is 18.2 Å². The van der Waals surface area contributed by atoms with Gasteiger partial charge in [-0.2, -0.15) is 0 Å². The smallest absolute Gasteiger partial charge is 0.248 e. The SMILES string of the molecule is O=C(COCCc1cccc2ncccc12)N1CC2CCC(C1)N2c1ccncc1F. The number of pyridine rings is 2. The van der Waals surface area contributed by atoms with E-state index in [4.69, 9.17) is 4.74 Å². The van der Waals surface area contributed by atoms with Crippen molar-refractivity contribution in [2.45, 2.75) is 31.3 Å². The highest BCUT2D eigenvalue weighted by molar-refractivity contribution is 5.82. The molecule has 2 aliphatic heterocycles. The van der Waals surface area contributed by atoms with Crippen LogP contribution in [0.15, 0.2) is 55.0 Å². The zero-order chi connectivity index (χ0) is 21.2. The molecule has 7 heteroatoms. The van der Waals surface area contributed by atoms with Crippen LogP contribution in [-0.2, 0) is 16.0 Å². The number of halogens is 1. The lowest BCUT2D eigenvalue weighted by molar-refractivity contribution is -0.137. The quantitative estimate of drug-likeness (QED) is 0.573. The Kier molecular flexibility index (Phi) is 5.51. The molecular formula is C24H25FN4O2. The van der Waals surface area contributed by atoms with E-state index in [0.717, 1.165) is 30.2 Å². The highest BCUT2D eigenvalue weighted by atomic mass is 19.1. The van der Waals surface area contributed by atoms with E-state index in [1.165, 1.54) is 11.8 Å². The van der Waals surface area contributed by atoms with Crippen LogP contribution in [0, 0.1) is 5.82 Å². The molecule has 4 heterocycles. The van der Waals surface area contributed by atoms with Crippen molar-refractivity contribution in [1.82, 2.24) is 14.9 Å². The molecule has 5 rings (SSSR count). The van der Waals surface area contributed by atoms with Crippen LogP contribution in [-0.4, -0.2) is 59.2 Å². The van der Waals surface area contributed by atoms with E-state index < -0.39 is 0 Å². The van der Waals surface area contributed by atoms with E-state index in [-0.39, 0.29) is 30.4 Å². The second kappa shape index (κ2) is 8.59. The molecule has 6 nitrogen and oxygen atoms in total. The molecule has 0 radical (unpaired) electrons. The lowest BCUT2D eigenvalue weighted by Gasteiger charge is -2.42. The summed E-state index contributed by atoms with van der Waals surface area (Å²) < 4.78 is 20.0. The number of aromatic nitrogens is 2. The first kappa shape index (κ1) is 19.9. The van der Waals surface area contributed by atoms with Gasteiger partial charge in [0.1, 0.15) is 6.61 Å². The van der Waals surface area contributed by atoms with E-state index in [1.807, 2.05) is 23.1 Å². The number of ether oxygens (including phenoxy) is 1. The van der Waals surface area contributed by atoms with Crippen LogP contribution in [0.5, 0.6) is 0 Å². The van der Waals surface area contributed by atoms with Gasteiger partial charge in [-0.3, -0.25) is 14.8 Å². The van der Waals surface area contributed by atoms with Gasteiger partial charge in [0.15, 0.2) is 5.82 Å². The van der Waals surface area contributed by atoms with Crippen molar-refractivity contribution in [1.29, 1.82) is 0 Å². The minimum absolute atomic E-state index is 0.00587. The second-order valence-electron chi connectivity index (χ2n) is 8.21.